The number of esters is 1. The van der Waals surface area contributed by atoms with Crippen LogP contribution in [0.5, 0.6) is 0 Å². The summed E-state index contributed by atoms with van der Waals surface area (Å²) in [6, 6.07) is 9.51. The number of pyridine rings is 1. The van der Waals surface area contributed by atoms with E-state index in [9.17, 15) is 18.0 Å². The molecule has 0 atom stereocenters. The lowest BCUT2D eigenvalue weighted by Gasteiger charge is -2.19. The fraction of sp³-hybridized carbons (Fsp3) is 0.235. The molecular weight excluding hydrogens is 358 g/mol. The first-order valence-corrected chi connectivity index (χ1v) is 9.46. The van der Waals surface area contributed by atoms with Crippen LogP contribution in [0, 0.1) is 0 Å². The highest BCUT2D eigenvalue weighted by Gasteiger charge is 2.20. The van der Waals surface area contributed by atoms with Crippen LogP contribution in [0.2, 0.25) is 0 Å². The van der Waals surface area contributed by atoms with Gasteiger partial charge in [0.2, 0.25) is 15.9 Å². The molecule has 0 saturated carbocycles. The van der Waals surface area contributed by atoms with Crippen molar-refractivity contribution in [2.45, 2.75) is 6.54 Å². The molecule has 0 bridgehead atoms. The van der Waals surface area contributed by atoms with E-state index in [1.54, 1.807) is 24.5 Å². The first kappa shape index (κ1) is 19.5. The van der Waals surface area contributed by atoms with Gasteiger partial charge in [-0.15, -0.1) is 0 Å². The van der Waals surface area contributed by atoms with Crippen molar-refractivity contribution in [3.63, 3.8) is 0 Å². The second-order valence-corrected chi connectivity index (χ2v) is 7.49. The number of ether oxygens (including phenoxy) is 1. The smallest absolute Gasteiger partial charge is 0.337 e. The normalized spacial score (nSPS) is 11.2. The number of anilines is 1. The van der Waals surface area contributed by atoms with Crippen LogP contribution in [0.4, 0.5) is 5.69 Å². The number of carbonyl (C=O) groups excluding carboxylic acids is 2. The minimum atomic E-state index is -3.59. The third-order valence-corrected chi connectivity index (χ3v) is 4.66. The number of amides is 1. The van der Waals surface area contributed by atoms with Crippen LogP contribution in [0.15, 0.2) is 48.8 Å². The van der Waals surface area contributed by atoms with Crippen molar-refractivity contribution in [1.82, 2.24) is 9.29 Å². The molecule has 1 amide bonds. The van der Waals surface area contributed by atoms with Gasteiger partial charge in [-0.05, 0) is 35.9 Å². The largest absolute Gasteiger partial charge is 0.465 e. The van der Waals surface area contributed by atoms with Crippen molar-refractivity contribution in [1.29, 1.82) is 0 Å². The Bertz CT molecular complexity index is 867. The van der Waals surface area contributed by atoms with E-state index in [2.05, 4.69) is 15.0 Å². The van der Waals surface area contributed by atoms with Crippen molar-refractivity contribution in [3.05, 3.63) is 59.9 Å². The molecule has 0 fully saturated rings. The first-order valence-electron chi connectivity index (χ1n) is 7.62. The summed E-state index contributed by atoms with van der Waals surface area (Å²) < 4.78 is 29.6. The molecule has 2 rings (SSSR count). The van der Waals surface area contributed by atoms with Gasteiger partial charge in [0.05, 0.1) is 25.5 Å². The molecule has 26 heavy (non-hydrogen) atoms. The van der Waals surface area contributed by atoms with Crippen LogP contribution in [0.1, 0.15) is 15.9 Å². The third-order valence-electron chi connectivity index (χ3n) is 3.46. The number of methoxy groups -OCH3 is 1. The first-order chi connectivity index (χ1) is 12.3. The Labute approximate surface area is 151 Å². The van der Waals surface area contributed by atoms with Crippen molar-refractivity contribution in [3.8, 4) is 0 Å². The van der Waals surface area contributed by atoms with E-state index in [0.717, 1.165) is 10.6 Å². The number of rotatable bonds is 7. The van der Waals surface area contributed by atoms with Gasteiger partial charge in [0, 0.05) is 24.6 Å². The summed E-state index contributed by atoms with van der Waals surface area (Å²) in [6.07, 6.45) is 4.17. The van der Waals surface area contributed by atoms with Gasteiger partial charge >= 0.3 is 5.97 Å². The van der Waals surface area contributed by atoms with Gasteiger partial charge < -0.3 is 10.1 Å². The number of aromatic nitrogens is 1. The van der Waals surface area contributed by atoms with Crippen molar-refractivity contribution < 1.29 is 22.7 Å². The average Bonchev–Trinajstić information content (AvgIpc) is 2.61. The van der Waals surface area contributed by atoms with Gasteiger partial charge in [0.15, 0.2) is 0 Å². The lowest BCUT2D eigenvalue weighted by molar-refractivity contribution is -0.116. The van der Waals surface area contributed by atoms with E-state index < -0.39 is 21.9 Å². The Kier molecular flexibility index (Phi) is 6.42. The van der Waals surface area contributed by atoms with Crippen LogP contribution < -0.4 is 5.32 Å². The van der Waals surface area contributed by atoms with Crippen LogP contribution in [-0.4, -0.2) is 49.5 Å². The molecule has 2 aromatic rings. The molecule has 9 heteroatoms. The number of carbonyl (C=O) groups is 2. The molecule has 1 aromatic heterocycles. The zero-order valence-electron chi connectivity index (χ0n) is 14.4. The number of nitrogens with one attached hydrogen (secondary N) is 1. The number of hydrogen-bond donors (Lipinski definition) is 1. The van der Waals surface area contributed by atoms with Crippen LogP contribution >= 0.6 is 0 Å². The molecule has 1 aromatic carbocycles. The summed E-state index contributed by atoms with van der Waals surface area (Å²) in [6.45, 7) is -0.298. The number of nitrogens with zero attached hydrogens (tertiary/aromatic N) is 2. The Balaban J connectivity index is 2.04. The molecule has 0 saturated heterocycles. The van der Waals surface area contributed by atoms with Gasteiger partial charge in [-0.3, -0.25) is 9.78 Å². The summed E-state index contributed by atoms with van der Waals surface area (Å²) in [4.78, 5) is 27.5. The molecule has 1 N–H and O–H groups in total. The molecule has 8 nitrogen and oxygen atoms in total. The van der Waals surface area contributed by atoms with Crippen molar-refractivity contribution in [2.24, 2.45) is 0 Å². The number of sulfonamides is 1. The lowest BCUT2D eigenvalue weighted by Crippen LogP contribution is -2.36. The molecule has 0 unspecified atom stereocenters. The monoisotopic (exact) mass is 377 g/mol. The zero-order chi connectivity index (χ0) is 19.2. The molecule has 0 aliphatic rings. The fourth-order valence-corrected chi connectivity index (χ4v) is 2.89. The van der Waals surface area contributed by atoms with E-state index in [0.29, 0.717) is 16.8 Å². The Morgan fingerprint density at radius 1 is 1.19 bits per heavy atom. The lowest BCUT2D eigenvalue weighted by atomic mass is 10.2. The van der Waals surface area contributed by atoms with Crippen molar-refractivity contribution >= 4 is 27.6 Å². The van der Waals surface area contributed by atoms with Gasteiger partial charge in [0.25, 0.3) is 0 Å². The quantitative estimate of drug-likeness (QED) is 0.729. The Morgan fingerprint density at radius 2 is 1.88 bits per heavy atom. The van der Waals surface area contributed by atoms with Gasteiger partial charge in [-0.1, -0.05) is 6.07 Å². The second-order valence-electron chi connectivity index (χ2n) is 5.51. The SMILES string of the molecule is COC(=O)c1ccc(NC(=O)CN(Cc2cccnc2)S(C)(=O)=O)cc1. The van der Waals surface area contributed by atoms with E-state index in [1.165, 1.54) is 31.4 Å². The molecule has 0 radical (unpaired) electrons. The van der Waals surface area contributed by atoms with Crippen LogP contribution in [0.25, 0.3) is 0 Å². The summed E-state index contributed by atoms with van der Waals surface area (Å²) in [5.41, 5.74) is 1.46. The summed E-state index contributed by atoms with van der Waals surface area (Å²) >= 11 is 0. The average molecular weight is 377 g/mol. The summed E-state index contributed by atoms with van der Waals surface area (Å²) in [5, 5.41) is 2.60. The molecule has 1 heterocycles. The maximum atomic E-state index is 12.2. The van der Waals surface area contributed by atoms with Crippen LogP contribution in [-0.2, 0) is 26.1 Å². The standard InChI is InChI=1S/C17H19N3O5S/c1-25-17(22)14-5-7-15(8-6-14)19-16(21)12-20(26(2,23)24)11-13-4-3-9-18-10-13/h3-10H,11-12H2,1-2H3,(H,19,21). The van der Waals surface area contributed by atoms with E-state index >= 15 is 0 Å². The second kappa shape index (κ2) is 8.54. The minimum absolute atomic E-state index is 0.0430. The Hall–Kier alpha value is -2.78. The van der Waals surface area contributed by atoms with Crippen molar-refractivity contribution in [2.75, 3.05) is 25.2 Å². The highest BCUT2D eigenvalue weighted by molar-refractivity contribution is 7.88. The van der Waals surface area contributed by atoms with Gasteiger partial charge in [-0.25, -0.2) is 13.2 Å². The zero-order valence-corrected chi connectivity index (χ0v) is 15.2. The van der Waals surface area contributed by atoms with Gasteiger partial charge in [0.1, 0.15) is 0 Å². The topological polar surface area (TPSA) is 106 Å². The minimum Gasteiger partial charge on any atom is -0.465 e. The third kappa shape index (κ3) is 5.64. The van der Waals surface area contributed by atoms with E-state index in [1.807, 2.05) is 0 Å². The molecule has 0 spiro atoms. The Morgan fingerprint density at radius 3 is 2.42 bits per heavy atom. The van der Waals surface area contributed by atoms with E-state index in [-0.39, 0.29) is 13.1 Å². The fourth-order valence-electron chi connectivity index (χ4n) is 2.15. The maximum absolute atomic E-state index is 12.2. The number of hydrogen-bond acceptors (Lipinski definition) is 6. The number of benzene rings is 1. The van der Waals surface area contributed by atoms with Gasteiger partial charge in [-0.2, -0.15) is 4.31 Å². The molecule has 138 valence electrons. The summed E-state index contributed by atoms with van der Waals surface area (Å²) in [7, 11) is -2.31. The molecular formula is C17H19N3O5S. The van der Waals surface area contributed by atoms with E-state index in [4.69, 9.17) is 0 Å². The van der Waals surface area contributed by atoms with Crippen LogP contribution in [0.3, 0.4) is 0 Å². The highest BCUT2D eigenvalue weighted by Crippen LogP contribution is 2.12. The molecule has 0 aliphatic heterocycles. The summed E-state index contributed by atoms with van der Waals surface area (Å²) in [5.74, 6) is -0.979. The predicted octanol–water partition coefficient (Wildman–Crippen LogP) is 1.27. The highest BCUT2D eigenvalue weighted by atomic mass is 32.2. The predicted molar refractivity (Wildman–Crippen MR) is 95.9 cm³/mol. The molecule has 0 aliphatic carbocycles. The maximum Gasteiger partial charge on any atom is 0.337 e.